The number of nitrogens with zero attached hydrogens (tertiary/aromatic N) is 3. The highest BCUT2D eigenvalue weighted by molar-refractivity contribution is 6.05. The number of nitrogens with one attached hydrogen (secondary N) is 1. The first-order valence-corrected chi connectivity index (χ1v) is 9.32. The minimum Gasteiger partial charge on any atom is -0.452 e. The fourth-order valence-electron chi connectivity index (χ4n) is 3.45. The van der Waals surface area contributed by atoms with Crippen LogP contribution in [0.15, 0.2) is 61.1 Å². The Morgan fingerprint density at radius 2 is 2.03 bits per heavy atom. The Morgan fingerprint density at radius 3 is 2.83 bits per heavy atom. The maximum atomic E-state index is 12.8. The van der Waals surface area contributed by atoms with Crippen molar-refractivity contribution < 1.29 is 14.3 Å². The molecule has 0 unspecified atom stereocenters. The second-order valence-electron chi connectivity index (χ2n) is 6.69. The molecule has 7 nitrogen and oxygen atoms in total. The van der Waals surface area contributed by atoms with E-state index in [2.05, 4.69) is 15.3 Å². The maximum absolute atomic E-state index is 12.8. The molecule has 3 aromatic rings. The van der Waals surface area contributed by atoms with E-state index >= 15 is 0 Å². The molecule has 1 aliphatic rings. The second kappa shape index (κ2) is 8.10. The Hall–Kier alpha value is -3.74. The van der Waals surface area contributed by atoms with Crippen molar-refractivity contribution in [2.24, 2.45) is 0 Å². The molecule has 1 aromatic heterocycles. The van der Waals surface area contributed by atoms with E-state index in [9.17, 15) is 9.59 Å². The molecule has 2 amide bonds. The standard InChI is InChI=1S/C22H20N4O3/c1-29-22(28)26-11-3-6-16-13-18(7-8-20(16)26)25-21(27)17-5-2-4-15(12-17)19-14-23-9-10-24-19/h2,4-5,7-10,12-14H,3,6,11H2,1H3,(H,25,27). The summed E-state index contributed by atoms with van der Waals surface area (Å²) in [6.45, 7) is 0.626. The first-order valence-electron chi connectivity index (χ1n) is 9.32. The summed E-state index contributed by atoms with van der Waals surface area (Å²) in [4.78, 5) is 34.7. The summed E-state index contributed by atoms with van der Waals surface area (Å²) in [6, 6.07) is 12.8. The number of methoxy groups -OCH3 is 1. The van der Waals surface area contributed by atoms with Crippen LogP contribution in [0.2, 0.25) is 0 Å². The van der Waals surface area contributed by atoms with Crippen LogP contribution in [-0.2, 0) is 11.2 Å². The van der Waals surface area contributed by atoms with E-state index in [0.717, 1.165) is 29.7 Å². The van der Waals surface area contributed by atoms with Gasteiger partial charge in [-0.15, -0.1) is 0 Å². The zero-order chi connectivity index (χ0) is 20.2. The zero-order valence-electron chi connectivity index (χ0n) is 16.0. The Kier molecular flexibility index (Phi) is 5.20. The number of fused-ring (bicyclic) bond motifs is 1. The van der Waals surface area contributed by atoms with Crippen LogP contribution in [0.4, 0.5) is 16.2 Å². The van der Waals surface area contributed by atoms with Gasteiger partial charge in [-0.05, 0) is 48.7 Å². The average molecular weight is 388 g/mol. The van der Waals surface area contributed by atoms with Crippen molar-refractivity contribution in [1.82, 2.24) is 9.97 Å². The van der Waals surface area contributed by atoms with E-state index < -0.39 is 0 Å². The van der Waals surface area contributed by atoms with Crippen LogP contribution in [0.25, 0.3) is 11.3 Å². The van der Waals surface area contributed by atoms with Crippen molar-refractivity contribution in [2.75, 3.05) is 23.9 Å². The van der Waals surface area contributed by atoms with Crippen LogP contribution in [0.3, 0.4) is 0 Å². The summed E-state index contributed by atoms with van der Waals surface area (Å²) in [7, 11) is 1.38. The second-order valence-corrected chi connectivity index (χ2v) is 6.69. The number of aromatic nitrogens is 2. The van der Waals surface area contributed by atoms with E-state index in [1.807, 2.05) is 24.3 Å². The largest absolute Gasteiger partial charge is 0.452 e. The molecule has 0 bridgehead atoms. The number of hydrogen-bond acceptors (Lipinski definition) is 5. The fourth-order valence-corrected chi connectivity index (χ4v) is 3.45. The molecule has 0 saturated heterocycles. The van der Waals surface area contributed by atoms with Crippen LogP contribution in [0.5, 0.6) is 0 Å². The van der Waals surface area contributed by atoms with E-state index in [1.165, 1.54) is 7.11 Å². The fraction of sp³-hybridized carbons (Fsp3) is 0.182. The molecule has 0 radical (unpaired) electrons. The van der Waals surface area contributed by atoms with Crippen molar-refractivity contribution in [3.05, 3.63) is 72.2 Å². The first-order chi connectivity index (χ1) is 14.2. The normalized spacial score (nSPS) is 12.8. The zero-order valence-corrected chi connectivity index (χ0v) is 16.0. The SMILES string of the molecule is COC(=O)N1CCCc2cc(NC(=O)c3cccc(-c4cnccn4)c3)ccc21. The molecular formula is C22H20N4O3. The summed E-state index contributed by atoms with van der Waals surface area (Å²) in [6.07, 6.45) is 6.20. The number of amides is 2. The Balaban J connectivity index is 1.54. The van der Waals surface area contributed by atoms with Crippen molar-refractivity contribution in [2.45, 2.75) is 12.8 Å². The summed E-state index contributed by atoms with van der Waals surface area (Å²) in [5.74, 6) is -0.212. The molecule has 0 saturated carbocycles. The van der Waals surface area contributed by atoms with Crippen molar-refractivity contribution >= 4 is 23.4 Å². The molecular weight excluding hydrogens is 368 g/mol. The quantitative estimate of drug-likeness (QED) is 0.735. The summed E-state index contributed by atoms with van der Waals surface area (Å²) in [5.41, 5.74) is 4.58. The van der Waals surface area contributed by atoms with Gasteiger partial charge >= 0.3 is 6.09 Å². The van der Waals surface area contributed by atoms with Gasteiger partial charge in [-0.1, -0.05) is 12.1 Å². The van der Waals surface area contributed by atoms with Gasteiger partial charge in [0.25, 0.3) is 5.91 Å². The summed E-state index contributed by atoms with van der Waals surface area (Å²) >= 11 is 0. The van der Waals surface area contributed by atoms with Crippen LogP contribution in [0.1, 0.15) is 22.3 Å². The third-order valence-electron chi connectivity index (χ3n) is 4.83. The molecule has 2 heterocycles. The van der Waals surface area contributed by atoms with E-state index in [0.29, 0.717) is 23.5 Å². The molecule has 1 N–H and O–H groups in total. The van der Waals surface area contributed by atoms with Gasteiger partial charge in [-0.2, -0.15) is 0 Å². The highest BCUT2D eigenvalue weighted by Crippen LogP contribution is 2.30. The smallest absolute Gasteiger partial charge is 0.414 e. The number of aryl methyl sites for hydroxylation is 1. The van der Waals surface area contributed by atoms with Crippen molar-refractivity contribution in [1.29, 1.82) is 0 Å². The van der Waals surface area contributed by atoms with Gasteiger partial charge in [0.15, 0.2) is 0 Å². The minimum atomic E-state index is -0.372. The molecule has 4 rings (SSSR count). The van der Waals surface area contributed by atoms with E-state index in [1.54, 1.807) is 41.7 Å². The Morgan fingerprint density at radius 1 is 1.14 bits per heavy atom. The number of rotatable bonds is 3. The molecule has 0 atom stereocenters. The molecule has 2 aromatic carbocycles. The van der Waals surface area contributed by atoms with E-state index in [-0.39, 0.29) is 12.0 Å². The van der Waals surface area contributed by atoms with Crippen LogP contribution < -0.4 is 10.2 Å². The van der Waals surface area contributed by atoms with Crippen LogP contribution >= 0.6 is 0 Å². The van der Waals surface area contributed by atoms with Gasteiger partial charge in [0.2, 0.25) is 0 Å². The number of benzene rings is 2. The third kappa shape index (κ3) is 3.94. The molecule has 7 heteroatoms. The lowest BCUT2D eigenvalue weighted by Gasteiger charge is -2.28. The van der Waals surface area contributed by atoms with Crippen molar-refractivity contribution in [3.63, 3.8) is 0 Å². The molecule has 0 fully saturated rings. The van der Waals surface area contributed by atoms with Gasteiger partial charge in [0.05, 0.1) is 24.7 Å². The highest BCUT2D eigenvalue weighted by Gasteiger charge is 2.23. The van der Waals surface area contributed by atoms with Gasteiger partial charge < -0.3 is 10.1 Å². The molecule has 0 spiro atoms. The third-order valence-corrected chi connectivity index (χ3v) is 4.83. The maximum Gasteiger partial charge on any atom is 0.414 e. The van der Waals surface area contributed by atoms with Crippen LogP contribution in [-0.4, -0.2) is 35.6 Å². The molecule has 146 valence electrons. The van der Waals surface area contributed by atoms with Crippen molar-refractivity contribution in [3.8, 4) is 11.3 Å². The molecule has 1 aliphatic heterocycles. The monoisotopic (exact) mass is 388 g/mol. The lowest BCUT2D eigenvalue weighted by Crippen LogP contribution is -2.35. The minimum absolute atomic E-state index is 0.212. The van der Waals surface area contributed by atoms with Gasteiger partial charge in [0, 0.05) is 35.8 Å². The topological polar surface area (TPSA) is 84.4 Å². The molecule has 29 heavy (non-hydrogen) atoms. The summed E-state index contributed by atoms with van der Waals surface area (Å²) in [5, 5.41) is 2.94. The van der Waals surface area contributed by atoms with E-state index in [4.69, 9.17) is 4.74 Å². The van der Waals surface area contributed by atoms with Gasteiger partial charge in [-0.25, -0.2) is 4.79 Å². The predicted molar refractivity (Wildman–Crippen MR) is 110 cm³/mol. The van der Waals surface area contributed by atoms with Gasteiger partial charge in [0.1, 0.15) is 0 Å². The highest BCUT2D eigenvalue weighted by atomic mass is 16.5. The lowest BCUT2D eigenvalue weighted by atomic mass is 10.0. The van der Waals surface area contributed by atoms with Crippen LogP contribution in [0, 0.1) is 0 Å². The Bertz CT molecular complexity index is 1050. The average Bonchev–Trinajstić information content (AvgIpc) is 2.78. The number of hydrogen-bond donors (Lipinski definition) is 1. The molecule has 0 aliphatic carbocycles. The number of carbonyl (C=O) groups is 2. The predicted octanol–water partition coefficient (Wildman–Crippen LogP) is 3.91. The number of ether oxygens (including phenoxy) is 1. The number of anilines is 2. The first kappa shape index (κ1) is 18.6. The lowest BCUT2D eigenvalue weighted by molar-refractivity contribution is 0.102. The Labute approximate surface area is 168 Å². The summed E-state index contributed by atoms with van der Waals surface area (Å²) < 4.78 is 4.85. The van der Waals surface area contributed by atoms with Gasteiger partial charge in [-0.3, -0.25) is 19.7 Å². The number of carbonyl (C=O) groups excluding carboxylic acids is 2.